The van der Waals surface area contributed by atoms with Gasteiger partial charge in [0.2, 0.25) is 0 Å². The summed E-state index contributed by atoms with van der Waals surface area (Å²) < 4.78 is 16.2. The molecule has 0 saturated carbocycles. The highest BCUT2D eigenvalue weighted by atomic mass is 16.8. The summed E-state index contributed by atoms with van der Waals surface area (Å²) in [6, 6.07) is 0. The van der Waals surface area contributed by atoms with Gasteiger partial charge in [-0.25, -0.2) is 4.79 Å². The second-order valence-electron chi connectivity index (χ2n) is 8.68. The van der Waals surface area contributed by atoms with Crippen molar-refractivity contribution in [2.24, 2.45) is 0 Å². The molecular formula is C24H46O5. The van der Waals surface area contributed by atoms with Gasteiger partial charge in [0.25, 0.3) is 5.79 Å². The fourth-order valence-electron chi connectivity index (χ4n) is 3.80. The normalized spacial score (nSPS) is 21.7. The molecule has 1 fully saturated rings. The minimum atomic E-state index is -1.51. The third kappa shape index (κ3) is 13.3. The van der Waals surface area contributed by atoms with E-state index in [0.717, 1.165) is 6.42 Å². The molecule has 0 aromatic heterocycles. The lowest BCUT2D eigenvalue weighted by Gasteiger charge is -2.17. The molecule has 2 atom stereocenters. The molecule has 1 aliphatic rings. The number of ether oxygens (including phenoxy) is 3. The largest absolute Gasteiger partial charge is 0.477 e. The maximum atomic E-state index is 11.0. The number of rotatable bonds is 20. The fourth-order valence-corrected chi connectivity index (χ4v) is 3.80. The lowest BCUT2D eigenvalue weighted by molar-refractivity contribution is -0.200. The van der Waals surface area contributed by atoms with Crippen LogP contribution in [-0.4, -0.2) is 42.8 Å². The summed E-state index contributed by atoms with van der Waals surface area (Å²) >= 11 is 0. The van der Waals surface area contributed by atoms with Crippen LogP contribution < -0.4 is 0 Å². The molecule has 0 aromatic rings. The molecule has 172 valence electrons. The first kappa shape index (κ1) is 26.4. The third-order valence-corrected chi connectivity index (χ3v) is 5.77. The fraction of sp³-hybridized carbons (Fsp3) is 0.958. The van der Waals surface area contributed by atoms with E-state index in [-0.39, 0.29) is 12.7 Å². The van der Waals surface area contributed by atoms with Crippen molar-refractivity contribution in [1.82, 2.24) is 0 Å². The van der Waals surface area contributed by atoms with E-state index in [1.165, 1.54) is 103 Å². The van der Waals surface area contributed by atoms with Crippen LogP contribution in [0.5, 0.6) is 0 Å². The highest BCUT2D eigenvalue weighted by Gasteiger charge is 2.44. The van der Waals surface area contributed by atoms with Gasteiger partial charge in [-0.3, -0.25) is 0 Å². The van der Waals surface area contributed by atoms with Crippen LogP contribution in [0.2, 0.25) is 0 Å². The summed E-state index contributed by atoms with van der Waals surface area (Å²) in [4.78, 5) is 11.0. The molecule has 0 bridgehead atoms. The molecule has 1 heterocycles. The second-order valence-corrected chi connectivity index (χ2v) is 8.68. The van der Waals surface area contributed by atoms with Gasteiger partial charge in [0, 0.05) is 13.5 Å². The van der Waals surface area contributed by atoms with Crippen LogP contribution in [0.4, 0.5) is 0 Å². The SMILES string of the molecule is CCCCCCCCCCCCCCCCCCOCC1COC(C)(C(=O)O)O1. The van der Waals surface area contributed by atoms with Crippen LogP contribution in [0.15, 0.2) is 0 Å². The average Bonchev–Trinajstić information content (AvgIpc) is 3.09. The van der Waals surface area contributed by atoms with E-state index in [1.54, 1.807) is 0 Å². The molecule has 0 amide bonds. The van der Waals surface area contributed by atoms with Crippen LogP contribution in [0.3, 0.4) is 0 Å². The predicted octanol–water partition coefficient (Wildman–Crippen LogP) is 6.48. The molecule has 0 aromatic carbocycles. The first-order chi connectivity index (χ1) is 14.1. The predicted molar refractivity (Wildman–Crippen MR) is 117 cm³/mol. The van der Waals surface area contributed by atoms with E-state index in [9.17, 15) is 4.79 Å². The first-order valence-electron chi connectivity index (χ1n) is 12.2. The Morgan fingerprint density at radius 2 is 1.31 bits per heavy atom. The average molecular weight is 415 g/mol. The van der Waals surface area contributed by atoms with Crippen LogP contribution >= 0.6 is 0 Å². The Morgan fingerprint density at radius 3 is 1.72 bits per heavy atom. The van der Waals surface area contributed by atoms with Crippen molar-refractivity contribution in [3.05, 3.63) is 0 Å². The Kier molecular flexibility index (Phi) is 15.5. The molecule has 0 spiro atoms. The number of aliphatic carboxylic acids is 1. The molecular weight excluding hydrogens is 368 g/mol. The van der Waals surface area contributed by atoms with Crippen LogP contribution in [-0.2, 0) is 19.0 Å². The maximum Gasteiger partial charge on any atom is 0.364 e. The molecule has 5 nitrogen and oxygen atoms in total. The Labute approximate surface area is 178 Å². The van der Waals surface area contributed by atoms with E-state index in [1.807, 2.05) is 0 Å². The number of unbranched alkanes of at least 4 members (excludes halogenated alkanes) is 15. The molecule has 1 aliphatic heterocycles. The smallest absolute Gasteiger partial charge is 0.364 e. The van der Waals surface area contributed by atoms with E-state index in [4.69, 9.17) is 19.3 Å². The number of carboxylic acid groups (broad SMARTS) is 1. The Balaban J connectivity index is 1.74. The standard InChI is InChI=1S/C24H46O5/c1-3-4-5-6-7-8-9-10-11-12-13-14-15-16-17-18-19-27-20-22-21-28-24(2,29-22)23(25)26/h22H,3-21H2,1-2H3,(H,25,26). The summed E-state index contributed by atoms with van der Waals surface area (Å²) in [5, 5.41) is 9.03. The van der Waals surface area contributed by atoms with E-state index < -0.39 is 11.8 Å². The molecule has 5 heteroatoms. The van der Waals surface area contributed by atoms with Gasteiger partial charge in [0.1, 0.15) is 6.10 Å². The maximum absolute atomic E-state index is 11.0. The van der Waals surface area contributed by atoms with Gasteiger partial charge in [0.15, 0.2) is 0 Å². The molecule has 0 radical (unpaired) electrons. The minimum absolute atomic E-state index is 0.280. The lowest BCUT2D eigenvalue weighted by Crippen LogP contribution is -2.37. The topological polar surface area (TPSA) is 65.0 Å². The molecule has 2 unspecified atom stereocenters. The van der Waals surface area contributed by atoms with Crippen molar-refractivity contribution < 1.29 is 24.1 Å². The van der Waals surface area contributed by atoms with Crippen LogP contribution in [0.1, 0.15) is 117 Å². The van der Waals surface area contributed by atoms with Crippen molar-refractivity contribution >= 4 is 5.97 Å². The zero-order valence-electron chi connectivity index (χ0n) is 19.1. The van der Waals surface area contributed by atoms with Crippen molar-refractivity contribution in [3.63, 3.8) is 0 Å². The number of carboxylic acids is 1. The molecule has 29 heavy (non-hydrogen) atoms. The molecule has 0 aliphatic carbocycles. The zero-order chi connectivity index (χ0) is 21.2. The molecule has 1 N–H and O–H groups in total. The van der Waals surface area contributed by atoms with Crippen molar-refractivity contribution in [2.75, 3.05) is 19.8 Å². The van der Waals surface area contributed by atoms with Gasteiger partial charge in [0.05, 0.1) is 13.2 Å². The monoisotopic (exact) mass is 414 g/mol. The summed E-state index contributed by atoms with van der Waals surface area (Å²) in [6.45, 7) is 5.11. The summed E-state index contributed by atoms with van der Waals surface area (Å²) in [5.41, 5.74) is 0. The van der Waals surface area contributed by atoms with Gasteiger partial charge in [-0.15, -0.1) is 0 Å². The molecule has 1 saturated heterocycles. The Morgan fingerprint density at radius 1 is 0.862 bits per heavy atom. The summed E-state index contributed by atoms with van der Waals surface area (Å²) in [7, 11) is 0. The van der Waals surface area contributed by atoms with Crippen LogP contribution in [0, 0.1) is 0 Å². The number of carbonyl (C=O) groups is 1. The highest BCUT2D eigenvalue weighted by molar-refractivity contribution is 5.75. The molecule has 1 rings (SSSR count). The summed E-state index contributed by atoms with van der Waals surface area (Å²) in [6.07, 6.45) is 21.5. The van der Waals surface area contributed by atoms with E-state index in [0.29, 0.717) is 13.2 Å². The first-order valence-corrected chi connectivity index (χ1v) is 12.2. The van der Waals surface area contributed by atoms with Gasteiger partial charge in [-0.05, 0) is 6.42 Å². The van der Waals surface area contributed by atoms with E-state index >= 15 is 0 Å². The zero-order valence-corrected chi connectivity index (χ0v) is 19.1. The van der Waals surface area contributed by atoms with Gasteiger partial charge >= 0.3 is 5.97 Å². The number of hydrogen-bond acceptors (Lipinski definition) is 4. The quantitative estimate of drug-likeness (QED) is 0.231. The lowest BCUT2D eigenvalue weighted by atomic mass is 10.0. The third-order valence-electron chi connectivity index (χ3n) is 5.77. The van der Waals surface area contributed by atoms with Gasteiger partial charge in [-0.1, -0.05) is 103 Å². The second kappa shape index (κ2) is 17.1. The van der Waals surface area contributed by atoms with Crippen molar-refractivity contribution in [3.8, 4) is 0 Å². The Bertz CT molecular complexity index is 401. The highest BCUT2D eigenvalue weighted by Crippen LogP contribution is 2.23. The van der Waals surface area contributed by atoms with Gasteiger partial charge < -0.3 is 19.3 Å². The minimum Gasteiger partial charge on any atom is -0.477 e. The Hall–Kier alpha value is -0.650. The van der Waals surface area contributed by atoms with Gasteiger partial charge in [-0.2, -0.15) is 0 Å². The van der Waals surface area contributed by atoms with Crippen molar-refractivity contribution in [1.29, 1.82) is 0 Å². The van der Waals surface area contributed by atoms with E-state index in [2.05, 4.69) is 6.92 Å². The van der Waals surface area contributed by atoms with Crippen molar-refractivity contribution in [2.45, 2.75) is 128 Å². The number of hydrogen-bond donors (Lipinski definition) is 1. The summed E-state index contributed by atoms with van der Waals surface area (Å²) in [5.74, 6) is -2.60. The van der Waals surface area contributed by atoms with Crippen LogP contribution in [0.25, 0.3) is 0 Å².